The fourth-order valence-electron chi connectivity index (χ4n) is 4.39. The molecule has 0 unspecified atom stereocenters. The van der Waals surface area contributed by atoms with Crippen LogP contribution in [0.5, 0.6) is 11.5 Å². The van der Waals surface area contributed by atoms with Crippen LogP contribution in [0.1, 0.15) is 42.4 Å². The van der Waals surface area contributed by atoms with Crippen molar-refractivity contribution in [3.05, 3.63) is 95.8 Å². The number of hydrogen-bond acceptors (Lipinski definition) is 5. The van der Waals surface area contributed by atoms with Gasteiger partial charge in [-0.05, 0) is 64.2 Å². The van der Waals surface area contributed by atoms with E-state index in [0.717, 1.165) is 22.0 Å². The number of ether oxygens (including phenoxy) is 2. The predicted molar refractivity (Wildman–Crippen MR) is 151 cm³/mol. The number of hydrogen-bond donors (Lipinski definition) is 2. The third kappa shape index (κ3) is 5.84. The van der Waals surface area contributed by atoms with Crippen molar-refractivity contribution >= 4 is 28.2 Å². The molecular weight excluding hydrogens is 476 g/mol. The van der Waals surface area contributed by atoms with Gasteiger partial charge in [-0.2, -0.15) is 0 Å². The quantitative estimate of drug-likeness (QED) is 0.246. The first-order chi connectivity index (χ1) is 18.3. The van der Waals surface area contributed by atoms with Gasteiger partial charge in [-0.3, -0.25) is 15.2 Å². The molecule has 0 atom stereocenters. The predicted octanol–water partition coefficient (Wildman–Crippen LogP) is 6.23. The Morgan fingerprint density at radius 2 is 1.71 bits per heavy atom. The number of anilines is 1. The first kappa shape index (κ1) is 25.4. The third-order valence-corrected chi connectivity index (χ3v) is 6.60. The summed E-state index contributed by atoms with van der Waals surface area (Å²) in [5.41, 5.74) is 3.06. The number of fused-ring (bicyclic) bond motifs is 1. The second-order valence-corrected chi connectivity index (χ2v) is 10.4. The van der Waals surface area contributed by atoms with Crippen molar-refractivity contribution in [1.82, 2.24) is 9.88 Å². The van der Waals surface area contributed by atoms with Crippen molar-refractivity contribution < 1.29 is 14.3 Å². The summed E-state index contributed by atoms with van der Waals surface area (Å²) in [6.45, 7) is 9.02. The number of morpholine rings is 1. The largest absolute Gasteiger partial charge is 0.457 e. The number of aromatic nitrogens is 1. The van der Waals surface area contributed by atoms with Crippen LogP contribution in [0, 0.1) is 5.41 Å². The summed E-state index contributed by atoms with van der Waals surface area (Å²) >= 11 is 0. The van der Waals surface area contributed by atoms with Crippen LogP contribution >= 0.6 is 0 Å². The number of carbonyl (C=O) groups is 1. The number of carbonyl (C=O) groups excluding carboxylic acids is 1. The van der Waals surface area contributed by atoms with Gasteiger partial charge in [0.05, 0.1) is 13.2 Å². The van der Waals surface area contributed by atoms with Crippen molar-refractivity contribution in [3.63, 3.8) is 0 Å². The lowest BCUT2D eigenvalue weighted by molar-refractivity contribution is 0.0679. The van der Waals surface area contributed by atoms with Gasteiger partial charge in [0.1, 0.15) is 23.0 Å². The molecule has 4 aromatic rings. The molecule has 0 bridgehead atoms. The normalized spacial score (nSPS) is 13.8. The van der Waals surface area contributed by atoms with E-state index in [1.807, 2.05) is 59.5 Å². The molecule has 1 fully saturated rings. The molecule has 2 N–H and O–H groups in total. The average Bonchev–Trinajstić information content (AvgIpc) is 2.92. The third-order valence-electron chi connectivity index (χ3n) is 6.60. The van der Waals surface area contributed by atoms with Crippen molar-refractivity contribution in [2.24, 2.45) is 0 Å². The zero-order chi connectivity index (χ0) is 26.7. The van der Waals surface area contributed by atoms with Crippen molar-refractivity contribution in [1.29, 1.82) is 5.41 Å². The summed E-state index contributed by atoms with van der Waals surface area (Å²) in [6, 6.07) is 22.9. The van der Waals surface area contributed by atoms with Crippen molar-refractivity contribution in [2.45, 2.75) is 26.2 Å². The highest BCUT2D eigenvalue weighted by atomic mass is 16.5. The number of benzene rings is 3. The Labute approximate surface area is 222 Å². The van der Waals surface area contributed by atoms with Crippen LogP contribution in [-0.2, 0) is 10.2 Å². The Kier molecular flexibility index (Phi) is 7.11. The molecule has 1 aliphatic heterocycles. The molecule has 0 radical (unpaired) electrons. The fraction of sp³-hybridized carbons (Fsp3) is 0.258. The highest BCUT2D eigenvalue weighted by Gasteiger charge is 2.17. The van der Waals surface area contributed by atoms with E-state index in [0.29, 0.717) is 54.9 Å². The number of pyridine rings is 1. The van der Waals surface area contributed by atoms with Gasteiger partial charge in [0.15, 0.2) is 0 Å². The van der Waals surface area contributed by atoms with Gasteiger partial charge in [-0.25, -0.2) is 0 Å². The standard InChI is InChI=1S/C31H32N4O3/c1-31(2,3)24-5-4-6-25(19-24)34-30(36)22-8-7-21-9-10-26(18-23(21)17-22)38-27-11-12-33-28(20-27)29(32)35-13-15-37-16-14-35/h4-12,17-20,32H,13-16H2,1-3H3,(H,34,36). The highest BCUT2D eigenvalue weighted by Crippen LogP contribution is 2.28. The Balaban J connectivity index is 1.33. The van der Waals surface area contributed by atoms with Crippen LogP contribution in [-0.4, -0.2) is 47.9 Å². The van der Waals surface area contributed by atoms with Gasteiger partial charge >= 0.3 is 0 Å². The first-order valence-corrected chi connectivity index (χ1v) is 12.8. The van der Waals surface area contributed by atoms with Gasteiger partial charge < -0.3 is 19.7 Å². The maximum Gasteiger partial charge on any atom is 0.255 e. The SMILES string of the molecule is CC(C)(C)c1cccc(NC(=O)c2ccc3ccc(Oc4ccnc(C(=N)N5CCOCC5)c4)cc3c2)c1. The maximum absolute atomic E-state index is 13.0. The van der Waals surface area contributed by atoms with Crippen LogP contribution in [0.25, 0.3) is 10.8 Å². The van der Waals surface area contributed by atoms with Crippen molar-refractivity contribution in [3.8, 4) is 11.5 Å². The molecule has 7 heteroatoms. The van der Waals surface area contributed by atoms with Crippen LogP contribution in [0.3, 0.4) is 0 Å². The van der Waals surface area contributed by atoms with Crippen LogP contribution < -0.4 is 10.1 Å². The second kappa shape index (κ2) is 10.6. The lowest BCUT2D eigenvalue weighted by Gasteiger charge is -2.28. The first-order valence-electron chi connectivity index (χ1n) is 12.8. The van der Waals surface area contributed by atoms with E-state index in [4.69, 9.17) is 14.9 Å². The number of amidine groups is 1. The summed E-state index contributed by atoms with van der Waals surface area (Å²) in [4.78, 5) is 19.4. The molecule has 1 aliphatic rings. The Bertz CT molecular complexity index is 1490. The van der Waals surface area contributed by atoms with Gasteiger partial charge in [0, 0.05) is 36.6 Å². The maximum atomic E-state index is 13.0. The van der Waals surface area contributed by atoms with Gasteiger partial charge in [0.2, 0.25) is 0 Å². The monoisotopic (exact) mass is 508 g/mol. The second-order valence-electron chi connectivity index (χ2n) is 10.4. The lowest BCUT2D eigenvalue weighted by Crippen LogP contribution is -2.41. The van der Waals surface area contributed by atoms with Gasteiger partial charge in [0.25, 0.3) is 5.91 Å². The zero-order valence-electron chi connectivity index (χ0n) is 22.0. The summed E-state index contributed by atoms with van der Waals surface area (Å²) in [6.07, 6.45) is 1.65. The molecule has 0 spiro atoms. The lowest BCUT2D eigenvalue weighted by atomic mass is 9.87. The number of amides is 1. The van der Waals surface area contributed by atoms with Gasteiger partial charge in [-0.1, -0.05) is 45.0 Å². The summed E-state index contributed by atoms with van der Waals surface area (Å²) in [5, 5.41) is 13.4. The summed E-state index contributed by atoms with van der Waals surface area (Å²) < 4.78 is 11.5. The molecule has 5 rings (SSSR count). The minimum Gasteiger partial charge on any atom is -0.457 e. The summed E-state index contributed by atoms with van der Waals surface area (Å²) in [7, 11) is 0. The molecule has 3 aromatic carbocycles. The van der Waals surface area contributed by atoms with E-state index in [1.54, 1.807) is 18.3 Å². The smallest absolute Gasteiger partial charge is 0.255 e. The van der Waals surface area contributed by atoms with Gasteiger partial charge in [-0.15, -0.1) is 0 Å². The molecule has 1 saturated heterocycles. The van der Waals surface area contributed by atoms with E-state index in [2.05, 4.69) is 37.1 Å². The highest BCUT2D eigenvalue weighted by molar-refractivity contribution is 6.06. The molecule has 38 heavy (non-hydrogen) atoms. The molecule has 0 aliphatic carbocycles. The van der Waals surface area contributed by atoms with Crippen LogP contribution in [0.4, 0.5) is 5.69 Å². The minimum atomic E-state index is -0.162. The van der Waals surface area contributed by atoms with E-state index in [9.17, 15) is 4.79 Å². The Morgan fingerprint density at radius 1 is 0.947 bits per heavy atom. The molecule has 1 amide bonds. The molecule has 7 nitrogen and oxygen atoms in total. The Morgan fingerprint density at radius 3 is 2.50 bits per heavy atom. The topological polar surface area (TPSA) is 87.5 Å². The molecule has 194 valence electrons. The summed E-state index contributed by atoms with van der Waals surface area (Å²) in [5.74, 6) is 1.44. The van der Waals surface area contributed by atoms with E-state index in [1.165, 1.54) is 0 Å². The van der Waals surface area contributed by atoms with Crippen molar-refractivity contribution in [2.75, 3.05) is 31.6 Å². The molecular formula is C31H32N4O3. The zero-order valence-corrected chi connectivity index (χ0v) is 22.0. The number of nitrogens with zero attached hydrogens (tertiary/aromatic N) is 2. The van der Waals surface area contributed by atoms with E-state index >= 15 is 0 Å². The molecule has 0 saturated carbocycles. The van der Waals surface area contributed by atoms with Crippen LogP contribution in [0.15, 0.2) is 79.0 Å². The molecule has 2 heterocycles. The van der Waals surface area contributed by atoms with E-state index < -0.39 is 0 Å². The molecule has 1 aromatic heterocycles. The average molecular weight is 509 g/mol. The minimum absolute atomic E-state index is 0.00155. The number of nitrogens with one attached hydrogen (secondary N) is 2. The fourth-order valence-corrected chi connectivity index (χ4v) is 4.39. The van der Waals surface area contributed by atoms with Crippen LogP contribution in [0.2, 0.25) is 0 Å². The Hall–Kier alpha value is -4.23. The van der Waals surface area contributed by atoms with E-state index in [-0.39, 0.29) is 11.3 Å². The number of rotatable bonds is 5.